The Labute approximate surface area is 126 Å². The van der Waals surface area contributed by atoms with E-state index in [9.17, 15) is 0 Å². The maximum atomic E-state index is 6.23. The highest BCUT2D eigenvalue weighted by molar-refractivity contribution is 7.98. The molecule has 0 saturated carbocycles. The van der Waals surface area contributed by atoms with Crippen LogP contribution in [0.4, 0.5) is 0 Å². The van der Waals surface area contributed by atoms with Gasteiger partial charge in [0.25, 0.3) is 0 Å². The summed E-state index contributed by atoms with van der Waals surface area (Å²) in [6.45, 7) is 1.97. The fourth-order valence-corrected chi connectivity index (χ4v) is 2.89. The molecule has 0 aliphatic rings. The molecular formula is C15H12ClN3S. The monoisotopic (exact) mass is 301 g/mol. The maximum Gasteiger partial charge on any atom is 0.187 e. The molecule has 0 aliphatic heterocycles. The lowest BCUT2D eigenvalue weighted by Crippen LogP contribution is -1.91. The Balaban J connectivity index is 1.83. The minimum absolute atomic E-state index is 0.545. The van der Waals surface area contributed by atoms with Gasteiger partial charge in [0.2, 0.25) is 0 Å². The van der Waals surface area contributed by atoms with E-state index in [1.54, 1.807) is 11.8 Å². The molecule has 100 valence electrons. The topological polar surface area (TPSA) is 38.7 Å². The summed E-state index contributed by atoms with van der Waals surface area (Å²) in [4.78, 5) is 13.0. The highest BCUT2D eigenvalue weighted by Gasteiger charge is 2.06. The number of aromatic nitrogens is 3. The second-order valence-electron chi connectivity index (χ2n) is 4.46. The zero-order valence-electron chi connectivity index (χ0n) is 10.9. The van der Waals surface area contributed by atoms with Gasteiger partial charge in [-0.2, -0.15) is 0 Å². The van der Waals surface area contributed by atoms with E-state index in [4.69, 9.17) is 11.6 Å². The number of hydrogen-bond donors (Lipinski definition) is 0. The summed E-state index contributed by atoms with van der Waals surface area (Å²) in [5.41, 5.74) is 2.97. The normalized spacial score (nSPS) is 10.9. The fourth-order valence-electron chi connectivity index (χ4n) is 1.84. The summed E-state index contributed by atoms with van der Waals surface area (Å²) >= 11 is 7.79. The molecule has 0 saturated heterocycles. The molecule has 0 spiro atoms. The van der Waals surface area contributed by atoms with Gasteiger partial charge >= 0.3 is 0 Å². The lowest BCUT2D eigenvalue weighted by molar-refractivity contribution is 0.949. The Bertz CT molecular complexity index is 744. The van der Waals surface area contributed by atoms with Crippen LogP contribution in [0, 0.1) is 6.92 Å². The summed E-state index contributed by atoms with van der Waals surface area (Å²) in [5.74, 6) is 0.708. The Kier molecular flexibility index (Phi) is 3.85. The van der Waals surface area contributed by atoms with E-state index in [1.807, 2.05) is 43.6 Å². The van der Waals surface area contributed by atoms with Crippen LogP contribution in [0.1, 0.15) is 11.1 Å². The Morgan fingerprint density at radius 3 is 2.70 bits per heavy atom. The SMILES string of the molecule is Cc1cnc(SCc2cc3ccccc3nc2Cl)nc1. The van der Waals surface area contributed by atoms with Crippen LogP contribution >= 0.6 is 23.4 Å². The van der Waals surface area contributed by atoms with E-state index < -0.39 is 0 Å². The van der Waals surface area contributed by atoms with Gasteiger partial charge in [-0.05, 0) is 24.6 Å². The second-order valence-corrected chi connectivity index (χ2v) is 5.76. The fraction of sp³-hybridized carbons (Fsp3) is 0.133. The van der Waals surface area contributed by atoms with Crippen LogP contribution in [0.15, 0.2) is 47.9 Å². The van der Waals surface area contributed by atoms with Gasteiger partial charge in [-0.1, -0.05) is 41.6 Å². The molecule has 3 aromatic rings. The molecule has 5 heteroatoms. The molecule has 1 aromatic carbocycles. The molecule has 0 N–H and O–H groups in total. The van der Waals surface area contributed by atoms with Crippen molar-refractivity contribution in [3.8, 4) is 0 Å². The molecule has 20 heavy (non-hydrogen) atoms. The predicted octanol–water partition coefficient (Wildman–Crippen LogP) is 4.28. The quantitative estimate of drug-likeness (QED) is 0.411. The summed E-state index contributed by atoms with van der Waals surface area (Å²) in [6.07, 6.45) is 3.63. The van der Waals surface area contributed by atoms with Crippen LogP contribution in [-0.2, 0) is 5.75 Å². The molecule has 0 fully saturated rings. The van der Waals surface area contributed by atoms with Crippen LogP contribution in [-0.4, -0.2) is 15.0 Å². The summed E-state index contributed by atoms with van der Waals surface area (Å²) in [5, 5.41) is 2.39. The van der Waals surface area contributed by atoms with Gasteiger partial charge < -0.3 is 0 Å². The third-order valence-corrected chi connectivity index (χ3v) is 4.12. The van der Waals surface area contributed by atoms with Crippen molar-refractivity contribution in [1.82, 2.24) is 15.0 Å². The highest BCUT2D eigenvalue weighted by Crippen LogP contribution is 2.26. The van der Waals surface area contributed by atoms with Crippen LogP contribution in [0.3, 0.4) is 0 Å². The van der Waals surface area contributed by atoms with Crippen molar-refractivity contribution in [1.29, 1.82) is 0 Å². The van der Waals surface area contributed by atoms with Gasteiger partial charge in [-0.25, -0.2) is 15.0 Å². The van der Waals surface area contributed by atoms with E-state index in [0.29, 0.717) is 10.9 Å². The Hall–Kier alpha value is -1.65. The molecule has 0 amide bonds. The minimum atomic E-state index is 0.545. The van der Waals surface area contributed by atoms with Crippen molar-refractivity contribution in [2.24, 2.45) is 0 Å². The number of aryl methyl sites for hydroxylation is 1. The van der Waals surface area contributed by atoms with Gasteiger partial charge in [-0.15, -0.1) is 0 Å². The average molecular weight is 302 g/mol. The van der Waals surface area contributed by atoms with Crippen molar-refractivity contribution in [3.05, 3.63) is 59.0 Å². The third-order valence-electron chi connectivity index (χ3n) is 2.86. The molecule has 3 nitrogen and oxygen atoms in total. The molecule has 2 aromatic heterocycles. The van der Waals surface area contributed by atoms with E-state index in [-0.39, 0.29) is 0 Å². The number of thioether (sulfide) groups is 1. The van der Waals surface area contributed by atoms with Gasteiger partial charge in [0.1, 0.15) is 5.15 Å². The molecular weight excluding hydrogens is 290 g/mol. The van der Waals surface area contributed by atoms with E-state index >= 15 is 0 Å². The number of halogens is 1. The number of para-hydroxylation sites is 1. The van der Waals surface area contributed by atoms with Gasteiger partial charge in [0.05, 0.1) is 5.52 Å². The number of rotatable bonds is 3. The number of benzene rings is 1. The second kappa shape index (κ2) is 5.77. The molecule has 0 bridgehead atoms. The zero-order valence-corrected chi connectivity index (χ0v) is 12.4. The Morgan fingerprint density at radius 1 is 1.15 bits per heavy atom. The molecule has 3 rings (SSSR count). The zero-order chi connectivity index (χ0) is 13.9. The third kappa shape index (κ3) is 2.92. The molecule has 2 heterocycles. The van der Waals surface area contributed by atoms with Crippen LogP contribution < -0.4 is 0 Å². The van der Waals surface area contributed by atoms with Crippen molar-refractivity contribution in [2.45, 2.75) is 17.8 Å². The van der Waals surface area contributed by atoms with E-state index in [0.717, 1.165) is 27.2 Å². The van der Waals surface area contributed by atoms with Crippen molar-refractivity contribution in [3.63, 3.8) is 0 Å². The molecule has 0 aliphatic carbocycles. The largest absolute Gasteiger partial charge is 0.236 e. The highest BCUT2D eigenvalue weighted by atomic mass is 35.5. The number of fused-ring (bicyclic) bond motifs is 1. The summed E-state index contributed by atoms with van der Waals surface area (Å²) in [7, 11) is 0. The molecule has 0 radical (unpaired) electrons. The van der Waals surface area contributed by atoms with Gasteiger partial charge in [0.15, 0.2) is 5.16 Å². The van der Waals surface area contributed by atoms with Crippen molar-refractivity contribution >= 4 is 34.3 Å². The number of nitrogens with zero attached hydrogens (tertiary/aromatic N) is 3. The lowest BCUT2D eigenvalue weighted by atomic mass is 10.2. The lowest BCUT2D eigenvalue weighted by Gasteiger charge is -2.05. The van der Waals surface area contributed by atoms with E-state index in [2.05, 4.69) is 21.0 Å². The average Bonchev–Trinajstić information content (AvgIpc) is 2.47. The first-order valence-electron chi connectivity index (χ1n) is 6.18. The molecule has 0 atom stereocenters. The van der Waals surface area contributed by atoms with Gasteiger partial charge in [-0.3, -0.25) is 0 Å². The van der Waals surface area contributed by atoms with Crippen LogP contribution in [0.5, 0.6) is 0 Å². The first kappa shape index (κ1) is 13.3. The first-order chi connectivity index (χ1) is 9.72. The number of pyridine rings is 1. The van der Waals surface area contributed by atoms with Crippen LogP contribution in [0.2, 0.25) is 5.15 Å². The standard InChI is InChI=1S/C15H12ClN3S/c1-10-7-17-15(18-8-10)20-9-12-6-11-4-2-3-5-13(11)19-14(12)16/h2-8H,9H2,1H3. The van der Waals surface area contributed by atoms with Crippen molar-refractivity contribution in [2.75, 3.05) is 0 Å². The van der Waals surface area contributed by atoms with E-state index in [1.165, 1.54) is 0 Å². The van der Waals surface area contributed by atoms with Crippen LogP contribution in [0.25, 0.3) is 10.9 Å². The number of hydrogen-bond acceptors (Lipinski definition) is 4. The van der Waals surface area contributed by atoms with Crippen molar-refractivity contribution < 1.29 is 0 Å². The Morgan fingerprint density at radius 2 is 1.90 bits per heavy atom. The summed E-state index contributed by atoms with van der Waals surface area (Å²) in [6, 6.07) is 10.0. The van der Waals surface area contributed by atoms with Gasteiger partial charge in [0, 0.05) is 29.1 Å². The maximum absolute atomic E-state index is 6.23. The minimum Gasteiger partial charge on any atom is -0.236 e. The predicted molar refractivity (Wildman–Crippen MR) is 83.1 cm³/mol. The summed E-state index contributed by atoms with van der Waals surface area (Å²) < 4.78 is 0. The first-order valence-corrected chi connectivity index (χ1v) is 7.54. The molecule has 0 unspecified atom stereocenters. The smallest absolute Gasteiger partial charge is 0.187 e.